The fourth-order valence-electron chi connectivity index (χ4n) is 1.42. The standard InChI is InChI=1S/C12H12N4O/c1-8-9(2)17-12(16-8)7-15-11-6-14-4-3-10(11)5-13/h3-4,6,15H,7H2,1-2H3. The van der Waals surface area contributed by atoms with E-state index in [1.165, 1.54) is 0 Å². The molecule has 86 valence electrons. The first-order valence-electron chi connectivity index (χ1n) is 5.21. The average Bonchev–Trinajstić information content (AvgIpc) is 2.66. The van der Waals surface area contributed by atoms with Gasteiger partial charge in [-0.25, -0.2) is 4.98 Å². The highest BCUT2D eigenvalue weighted by Crippen LogP contribution is 2.14. The predicted molar refractivity (Wildman–Crippen MR) is 62.3 cm³/mol. The van der Waals surface area contributed by atoms with Crippen molar-refractivity contribution in [1.29, 1.82) is 5.26 Å². The van der Waals surface area contributed by atoms with Crippen molar-refractivity contribution < 1.29 is 4.42 Å². The van der Waals surface area contributed by atoms with E-state index in [1.54, 1.807) is 18.5 Å². The molecule has 2 heterocycles. The molecule has 0 saturated carbocycles. The zero-order valence-electron chi connectivity index (χ0n) is 9.69. The van der Waals surface area contributed by atoms with Crippen LogP contribution in [0.25, 0.3) is 0 Å². The Balaban J connectivity index is 2.10. The number of nitrogens with zero attached hydrogens (tertiary/aromatic N) is 3. The number of hydrogen-bond donors (Lipinski definition) is 1. The van der Waals surface area contributed by atoms with Gasteiger partial charge in [-0.15, -0.1) is 0 Å². The summed E-state index contributed by atoms with van der Waals surface area (Å²) in [6, 6.07) is 3.76. The molecule has 5 heteroatoms. The van der Waals surface area contributed by atoms with Crippen LogP contribution in [0.3, 0.4) is 0 Å². The fourth-order valence-corrected chi connectivity index (χ4v) is 1.42. The Hall–Kier alpha value is -2.35. The summed E-state index contributed by atoms with van der Waals surface area (Å²) in [5, 5.41) is 12.0. The van der Waals surface area contributed by atoms with Crippen LogP contribution >= 0.6 is 0 Å². The Morgan fingerprint density at radius 2 is 2.29 bits per heavy atom. The maximum Gasteiger partial charge on any atom is 0.213 e. The van der Waals surface area contributed by atoms with E-state index in [2.05, 4.69) is 21.4 Å². The third-order valence-electron chi connectivity index (χ3n) is 2.44. The smallest absolute Gasteiger partial charge is 0.213 e. The zero-order chi connectivity index (χ0) is 12.3. The molecule has 0 fully saturated rings. The van der Waals surface area contributed by atoms with E-state index in [1.807, 2.05) is 13.8 Å². The molecule has 2 aromatic heterocycles. The second-order valence-corrected chi connectivity index (χ2v) is 3.64. The molecule has 0 aliphatic rings. The van der Waals surface area contributed by atoms with Crippen LogP contribution < -0.4 is 5.32 Å². The molecule has 2 rings (SSSR count). The van der Waals surface area contributed by atoms with Crippen LogP contribution in [0.2, 0.25) is 0 Å². The number of oxazole rings is 1. The maximum absolute atomic E-state index is 8.91. The van der Waals surface area contributed by atoms with E-state index < -0.39 is 0 Å². The van der Waals surface area contributed by atoms with Gasteiger partial charge in [-0.3, -0.25) is 4.98 Å². The monoisotopic (exact) mass is 228 g/mol. The average molecular weight is 228 g/mol. The zero-order valence-corrected chi connectivity index (χ0v) is 9.69. The molecule has 0 bridgehead atoms. The second-order valence-electron chi connectivity index (χ2n) is 3.64. The van der Waals surface area contributed by atoms with E-state index >= 15 is 0 Å². The van der Waals surface area contributed by atoms with Crippen LogP contribution in [0.5, 0.6) is 0 Å². The summed E-state index contributed by atoms with van der Waals surface area (Å²) in [6.07, 6.45) is 3.20. The molecule has 2 aromatic rings. The van der Waals surface area contributed by atoms with E-state index in [-0.39, 0.29) is 0 Å². The highest BCUT2D eigenvalue weighted by Gasteiger charge is 2.06. The molecular weight excluding hydrogens is 216 g/mol. The summed E-state index contributed by atoms with van der Waals surface area (Å²) < 4.78 is 5.43. The molecule has 0 spiro atoms. The van der Waals surface area contributed by atoms with Gasteiger partial charge < -0.3 is 9.73 Å². The summed E-state index contributed by atoms with van der Waals surface area (Å²) in [5.41, 5.74) is 2.12. The molecule has 0 unspecified atom stereocenters. The summed E-state index contributed by atoms with van der Waals surface area (Å²) in [5.74, 6) is 1.42. The van der Waals surface area contributed by atoms with Gasteiger partial charge in [-0.1, -0.05) is 0 Å². The molecule has 0 atom stereocenters. The van der Waals surface area contributed by atoms with Crippen molar-refractivity contribution in [3.8, 4) is 6.07 Å². The number of aromatic nitrogens is 2. The molecule has 0 amide bonds. The van der Waals surface area contributed by atoms with Gasteiger partial charge in [0.05, 0.1) is 29.7 Å². The fraction of sp³-hybridized carbons (Fsp3) is 0.250. The van der Waals surface area contributed by atoms with Crippen molar-refractivity contribution in [3.05, 3.63) is 41.4 Å². The number of pyridine rings is 1. The minimum atomic E-state index is 0.440. The van der Waals surface area contributed by atoms with Gasteiger partial charge in [0.15, 0.2) is 0 Å². The lowest BCUT2D eigenvalue weighted by molar-refractivity contribution is 0.478. The normalized spacial score (nSPS) is 9.94. The molecule has 0 radical (unpaired) electrons. The van der Waals surface area contributed by atoms with Gasteiger partial charge in [-0.05, 0) is 19.9 Å². The maximum atomic E-state index is 8.91. The van der Waals surface area contributed by atoms with Crippen LogP contribution in [-0.2, 0) is 6.54 Å². The first kappa shape index (κ1) is 11.1. The summed E-state index contributed by atoms with van der Waals surface area (Å²) in [6.45, 7) is 4.21. The van der Waals surface area contributed by atoms with Crippen LogP contribution in [0, 0.1) is 25.2 Å². The summed E-state index contributed by atoms with van der Waals surface area (Å²) in [4.78, 5) is 8.21. The van der Waals surface area contributed by atoms with Crippen LogP contribution in [0.4, 0.5) is 5.69 Å². The van der Waals surface area contributed by atoms with Crippen molar-refractivity contribution in [3.63, 3.8) is 0 Å². The van der Waals surface area contributed by atoms with Crippen LogP contribution in [0.1, 0.15) is 22.9 Å². The number of hydrogen-bond acceptors (Lipinski definition) is 5. The largest absolute Gasteiger partial charge is 0.444 e. The number of anilines is 1. The van der Waals surface area contributed by atoms with Gasteiger partial charge >= 0.3 is 0 Å². The number of nitriles is 1. The van der Waals surface area contributed by atoms with Crippen molar-refractivity contribution >= 4 is 5.69 Å². The first-order valence-corrected chi connectivity index (χ1v) is 5.21. The minimum Gasteiger partial charge on any atom is -0.444 e. The van der Waals surface area contributed by atoms with Gasteiger partial charge in [0.2, 0.25) is 5.89 Å². The molecule has 1 N–H and O–H groups in total. The van der Waals surface area contributed by atoms with E-state index in [0.29, 0.717) is 23.7 Å². The molecule has 0 aliphatic carbocycles. The highest BCUT2D eigenvalue weighted by atomic mass is 16.4. The second kappa shape index (κ2) is 4.66. The van der Waals surface area contributed by atoms with Gasteiger partial charge in [0.1, 0.15) is 11.8 Å². The topological polar surface area (TPSA) is 74.7 Å². The Bertz CT molecular complexity index is 549. The van der Waals surface area contributed by atoms with Gasteiger partial charge in [-0.2, -0.15) is 5.26 Å². The van der Waals surface area contributed by atoms with Crippen molar-refractivity contribution in [1.82, 2.24) is 9.97 Å². The third-order valence-corrected chi connectivity index (χ3v) is 2.44. The minimum absolute atomic E-state index is 0.440. The van der Waals surface area contributed by atoms with Gasteiger partial charge in [0.25, 0.3) is 0 Å². The third kappa shape index (κ3) is 2.42. The lowest BCUT2D eigenvalue weighted by Crippen LogP contribution is -2.02. The van der Waals surface area contributed by atoms with E-state index in [0.717, 1.165) is 11.5 Å². The quantitative estimate of drug-likeness (QED) is 0.871. The SMILES string of the molecule is Cc1nc(CNc2cnccc2C#N)oc1C. The highest BCUT2D eigenvalue weighted by molar-refractivity contribution is 5.55. The Kier molecular flexibility index (Phi) is 3.06. The number of aryl methyl sites for hydroxylation is 2. The molecule has 17 heavy (non-hydrogen) atoms. The number of nitrogens with one attached hydrogen (secondary N) is 1. The Morgan fingerprint density at radius 3 is 2.94 bits per heavy atom. The van der Waals surface area contributed by atoms with Crippen molar-refractivity contribution in [2.75, 3.05) is 5.32 Å². The lowest BCUT2D eigenvalue weighted by atomic mass is 10.2. The molecule has 0 aliphatic heterocycles. The Labute approximate surface area is 99.1 Å². The summed E-state index contributed by atoms with van der Waals surface area (Å²) in [7, 11) is 0. The van der Waals surface area contributed by atoms with Crippen LogP contribution in [-0.4, -0.2) is 9.97 Å². The molecule has 0 aromatic carbocycles. The lowest BCUT2D eigenvalue weighted by Gasteiger charge is -2.04. The first-order chi connectivity index (χ1) is 8.20. The summed E-state index contributed by atoms with van der Waals surface area (Å²) >= 11 is 0. The predicted octanol–water partition coefficient (Wildman–Crippen LogP) is 2.17. The van der Waals surface area contributed by atoms with E-state index in [9.17, 15) is 0 Å². The molecule has 0 saturated heterocycles. The number of rotatable bonds is 3. The van der Waals surface area contributed by atoms with Crippen molar-refractivity contribution in [2.24, 2.45) is 0 Å². The molecule has 5 nitrogen and oxygen atoms in total. The Morgan fingerprint density at radius 1 is 1.47 bits per heavy atom. The van der Waals surface area contributed by atoms with E-state index in [4.69, 9.17) is 9.68 Å². The van der Waals surface area contributed by atoms with Crippen molar-refractivity contribution in [2.45, 2.75) is 20.4 Å². The van der Waals surface area contributed by atoms with Gasteiger partial charge in [0, 0.05) is 6.20 Å². The van der Waals surface area contributed by atoms with Crippen LogP contribution in [0.15, 0.2) is 22.9 Å². The molecular formula is C12H12N4O.